The number of nitrogens with zero attached hydrogens (tertiary/aromatic N) is 4. The molecule has 4 unspecified atom stereocenters. The highest BCUT2D eigenvalue weighted by Gasteiger charge is 2.52. The maximum atomic E-state index is 13.3. The third-order valence-corrected chi connectivity index (χ3v) is 30.8. The van der Waals surface area contributed by atoms with Gasteiger partial charge in [0, 0.05) is 68.2 Å². The molecule has 8 N–H and O–H groups in total. The second kappa shape index (κ2) is 38.4. The van der Waals surface area contributed by atoms with Crippen molar-refractivity contribution in [3.63, 3.8) is 0 Å². The summed E-state index contributed by atoms with van der Waals surface area (Å²) in [7, 11) is -15.9. The summed E-state index contributed by atoms with van der Waals surface area (Å²) in [4.78, 5) is 48.3. The van der Waals surface area contributed by atoms with Gasteiger partial charge in [0.25, 0.3) is 23.6 Å². The van der Waals surface area contributed by atoms with Gasteiger partial charge < -0.3 is 0 Å². The number of alkyl halides is 3. The molecule has 8 rings (SSSR count). The van der Waals surface area contributed by atoms with Crippen molar-refractivity contribution in [1.82, 2.24) is 39.1 Å². The summed E-state index contributed by atoms with van der Waals surface area (Å²) >= 11 is 5.86. The summed E-state index contributed by atoms with van der Waals surface area (Å²) in [5.41, 5.74) is 7.46. The molecular weight excluding hydrogens is 1510 g/mol. The number of hydrogen-bond donors (Lipinski definition) is 8. The smallest absolute Gasteiger partial charge is 0.289 e. The molecule has 4 aliphatic heterocycles. The third kappa shape index (κ3) is 23.2. The molecule has 0 bridgehead atoms. The summed E-state index contributed by atoms with van der Waals surface area (Å²) in [6.45, 7) is 18.9. The van der Waals surface area contributed by atoms with Gasteiger partial charge in [-0.2, -0.15) is 77.4 Å². The highest BCUT2D eigenvalue weighted by Crippen LogP contribution is 2.43. The van der Waals surface area contributed by atoms with Gasteiger partial charge in [0.1, 0.15) is 30.0 Å². The normalized spacial score (nSPS) is 21.0. The van der Waals surface area contributed by atoms with Crippen molar-refractivity contribution in [3.8, 4) is 0 Å². The highest BCUT2D eigenvalue weighted by atomic mass is 32.2. The Morgan fingerprint density at radius 1 is 0.408 bits per heavy atom. The van der Waals surface area contributed by atoms with Crippen LogP contribution in [0.3, 0.4) is 0 Å². The van der Waals surface area contributed by atoms with Crippen molar-refractivity contribution in [2.45, 2.75) is 215 Å². The fraction of sp³-hybridized carbons (Fsp3) is 0.582. The number of nitrogens with one attached hydrogen (secondary N) is 4. The maximum absolute atomic E-state index is 13.3. The van der Waals surface area contributed by atoms with Gasteiger partial charge in [0.15, 0.2) is 0 Å². The van der Waals surface area contributed by atoms with E-state index in [0.29, 0.717) is 35.1 Å². The summed E-state index contributed by atoms with van der Waals surface area (Å²) in [6.07, 6.45) is 10.1. The zero-order chi connectivity index (χ0) is 77.2. The number of aryl methyl sites for hydroxylation is 2. The van der Waals surface area contributed by atoms with Crippen molar-refractivity contribution in [1.29, 1.82) is 0 Å². The number of hydrogen-bond acceptors (Lipinski definition) is 20. The van der Waals surface area contributed by atoms with Crippen molar-refractivity contribution in [2.24, 2.45) is 0 Å². The van der Waals surface area contributed by atoms with Crippen LogP contribution in [-0.2, 0) is 78.3 Å². The molecule has 0 aliphatic carbocycles. The van der Waals surface area contributed by atoms with Crippen LogP contribution in [0.4, 0.5) is 17.6 Å². The molecule has 4 fully saturated rings. The van der Waals surface area contributed by atoms with E-state index in [2.05, 4.69) is 6.92 Å². The molecule has 4 heterocycles. The molecule has 4 aliphatic rings. The Balaban J connectivity index is 0.000000250. The molecule has 4 aromatic carbocycles. The third-order valence-electron chi connectivity index (χ3n) is 17.9. The van der Waals surface area contributed by atoms with Crippen molar-refractivity contribution in [3.05, 3.63) is 120 Å². The standard InChI is InChI=1S/C25H42N2O4S2.C15H22N2O4S2.C14H17F3N2O4S2.C13H17FN2O4S2/c1-4-5-6-7-8-9-10-11-12-13-14-21-15-17-22(18-16-21)33(30,31)27-19-20-32-25(2,3)23(27)24(28)26-29;1-4-11-5-7-12(8-6-11)23(20,21)17-9-10-22-15(2,3)13(17)14(18)16-19;1-13(2)11(12(20)18-21)19(7-8-24-13)25(22,23)10-5-3-9(4-6-10)14(15,16)17;1-13(2)11(12(17)15-18)16(7-8-21-13)22(19,20)10-5-3-9(14)4-6-10/h15-18,23,29H,4-14,19-20H2,1-3H3,(H,26,28);5-8,13,19H,4,9-10H2,1-3H3,(H,16,18);3-6,11,21H,7-8H2,1-2H3,(H,18,20);3-6,11,18H,7-8H2,1-2H3,(H,15,17). The molecule has 0 radical (unpaired) electrons. The van der Waals surface area contributed by atoms with Crippen LogP contribution in [0, 0.1) is 5.82 Å². The first-order chi connectivity index (χ1) is 48.1. The molecule has 578 valence electrons. The average Bonchev–Trinajstić information content (AvgIpc) is 0.782. The molecular formula is C67H98F4N8O16S8. The minimum atomic E-state index is -4.58. The zero-order valence-electron chi connectivity index (χ0n) is 59.4. The SMILES string of the molecule is CC1(C)SCCN(S(=O)(=O)c2ccc(C(F)(F)F)cc2)C1C(=O)NO.CC1(C)SCCN(S(=O)(=O)c2ccc(F)cc2)C1C(=O)NO.CCCCCCCCCCCCc1ccc(S(=O)(=O)N2CCSC(C)(C)C2C(=O)NO)cc1.CCc1ccc(S(=O)(=O)N2CCSC(C)(C)C2C(=O)NO)cc1. The van der Waals surface area contributed by atoms with Gasteiger partial charge >= 0.3 is 6.18 Å². The number of halogens is 4. The average molecular weight is 1600 g/mol. The number of amides is 4. The van der Waals surface area contributed by atoms with Crippen LogP contribution >= 0.6 is 47.0 Å². The number of benzene rings is 4. The number of unbranched alkanes of at least 4 members (excludes halogenated alkanes) is 9. The molecule has 4 amide bonds. The van der Waals surface area contributed by atoms with E-state index >= 15 is 0 Å². The first-order valence-corrected chi connectivity index (χ1v) is 43.3. The molecule has 4 aromatic rings. The minimum Gasteiger partial charge on any atom is -0.289 e. The topological polar surface area (TPSA) is 347 Å². The summed E-state index contributed by atoms with van der Waals surface area (Å²) < 4.78 is 156. The van der Waals surface area contributed by atoms with Gasteiger partial charge in [0.2, 0.25) is 40.1 Å². The summed E-state index contributed by atoms with van der Waals surface area (Å²) in [5, 5.41) is 36.1. The van der Waals surface area contributed by atoms with Gasteiger partial charge in [-0.3, -0.25) is 40.0 Å². The quantitative estimate of drug-likeness (QED) is 0.0140. The number of thioether (sulfide) groups is 4. The van der Waals surface area contributed by atoms with Gasteiger partial charge in [-0.05, 0) is 159 Å². The Bertz CT molecular complexity index is 3920. The summed E-state index contributed by atoms with van der Waals surface area (Å²) in [5.74, 6) is -1.53. The van der Waals surface area contributed by atoms with Crippen LogP contribution in [0.15, 0.2) is 117 Å². The lowest BCUT2D eigenvalue weighted by Crippen LogP contribution is -2.61. The van der Waals surface area contributed by atoms with E-state index in [1.54, 1.807) is 88.9 Å². The van der Waals surface area contributed by atoms with Gasteiger partial charge in [-0.25, -0.2) is 60.0 Å². The van der Waals surface area contributed by atoms with Gasteiger partial charge in [0.05, 0.1) is 25.1 Å². The lowest BCUT2D eigenvalue weighted by atomic mass is 10.0. The highest BCUT2D eigenvalue weighted by molar-refractivity contribution is 8.01. The van der Waals surface area contributed by atoms with Crippen LogP contribution in [0.1, 0.15) is 150 Å². The number of rotatable bonds is 24. The Hall–Kier alpha value is -4.64. The number of sulfonamides is 4. The lowest BCUT2D eigenvalue weighted by Gasteiger charge is -2.43. The van der Waals surface area contributed by atoms with Crippen LogP contribution in [-0.4, -0.2) is 188 Å². The molecule has 103 heavy (non-hydrogen) atoms. The Morgan fingerprint density at radius 3 is 0.903 bits per heavy atom. The van der Waals surface area contributed by atoms with Crippen molar-refractivity contribution < 1.29 is 91.2 Å². The molecule has 24 nitrogen and oxygen atoms in total. The molecule has 36 heteroatoms. The fourth-order valence-corrected chi connectivity index (χ4v) is 24.8. The molecule has 4 atom stereocenters. The predicted molar refractivity (Wildman–Crippen MR) is 392 cm³/mol. The molecule has 0 aromatic heterocycles. The largest absolute Gasteiger partial charge is 0.416 e. The van der Waals surface area contributed by atoms with Crippen molar-refractivity contribution in [2.75, 3.05) is 49.2 Å². The van der Waals surface area contributed by atoms with Crippen LogP contribution < -0.4 is 21.9 Å². The maximum Gasteiger partial charge on any atom is 0.416 e. The molecule has 4 saturated heterocycles. The van der Waals surface area contributed by atoms with E-state index in [4.69, 9.17) is 15.6 Å². The predicted octanol–water partition coefficient (Wildman–Crippen LogP) is 10.5. The van der Waals surface area contributed by atoms with E-state index < -0.39 is 124 Å². The van der Waals surface area contributed by atoms with Crippen LogP contribution in [0.25, 0.3) is 0 Å². The Kier molecular flexibility index (Phi) is 33.2. The lowest BCUT2D eigenvalue weighted by molar-refractivity contribution is -0.138. The van der Waals surface area contributed by atoms with E-state index in [-0.39, 0.29) is 45.8 Å². The van der Waals surface area contributed by atoms with Crippen LogP contribution in [0.5, 0.6) is 0 Å². The molecule has 0 spiro atoms. The fourth-order valence-electron chi connectivity index (χ4n) is 12.4. The Morgan fingerprint density at radius 2 is 0.650 bits per heavy atom. The monoisotopic (exact) mass is 1600 g/mol. The second-order valence-electron chi connectivity index (χ2n) is 26.8. The zero-order valence-corrected chi connectivity index (χ0v) is 66.0. The van der Waals surface area contributed by atoms with Crippen molar-refractivity contribution >= 4 is 111 Å². The Labute approximate surface area is 620 Å². The van der Waals surface area contributed by atoms with Crippen LogP contribution in [0.2, 0.25) is 0 Å². The second-order valence-corrected chi connectivity index (χ2v) is 41.4. The van der Waals surface area contributed by atoms with E-state index in [9.17, 15) is 75.6 Å². The van der Waals surface area contributed by atoms with E-state index in [0.717, 1.165) is 75.4 Å². The van der Waals surface area contributed by atoms with E-state index in [1.165, 1.54) is 124 Å². The number of carbonyl (C=O) groups is 4. The first-order valence-electron chi connectivity index (χ1n) is 33.6. The first kappa shape index (κ1) is 89.0. The number of hydroxylamine groups is 4. The van der Waals surface area contributed by atoms with E-state index in [1.807, 2.05) is 32.9 Å². The minimum absolute atomic E-state index is 0.00443. The van der Waals surface area contributed by atoms with Gasteiger partial charge in [-0.1, -0.05) is 95.9 Å². The number of carbonyl (C=O) groups excluding carboxylic acids is 4. The van der Waals surface area contributed by atoms with Gasteiger partial charge in [-0.15, -0.1) is 0 Å². The molecule has 0 saturated carbocycles. The summed E-state index contributed by atoms with van der Waals surface area (Å²) in [6, 6.07) is 17.0.